The maximum absolute atomic E-state index is 6.38. The summed E-state index contributed by atoms with van der Waals surface area (Å²) in [6.07, 6.45) is 4.98. The average molecular weight is 841 g/mol. The molecule has 0 saturated carbocycles. The van der Waals surface area contributed by atoms with E-state index in [4.69, 9.17) is 9.47 Å². The first-order chi connectivity index (χ1) is 25.4. The molecule has 8 heteroatoms. The monoisotopic (exact) mass is 838 g/mol. The minimum Gasteiger partial charge on any atom is -1.00 e. The van der Waals surface area contributed by atoms with Gasteiger partial charge in [-0.05, 0) is 0 Å². The summed E-state index contributed by atoms with van der Waals surface area (Å²) in [5, 5.41) is 0. The van der Waals surface area contributed by atoms with E-state index in [9.17, 15) is 0 Å². The molecule has 0 aromatic heterocycles. The van der Waals surface area contributed by atoms with Crippen LogP contribution in [0.25, 0.3) is 12.2 Å². The molecule has 0 fully saturated rings. The van der Waals surface area contributed by atoms with Crippen LogP contribution in [0.3, 0.4) is 0 Å². The number of allylic oxidation sites excluding steroid dienone is 2. The third kappa shape index (κ3) is 5.81. The van der Waals surface area contributed by atoms with Gasteiger partial charge in [0.1, 0.15) is 0 Å². The first-order valence-corrected chi connectivity index (χ1v) is 27.1. The third-order valence-corrected chi connectivity index (χ3v) is 30.9. The van der Waals surface area contributed by atoms with Gasteiger partial charge in [0.2, 0.25) is 0 Å². The minimum atomic E-state index is -2.34. The van der Waals surface area contributed by atoms with E-state index in [1.165, 1.54) is 33.6 Å². The normalized spacial score (nSPS) is 16.5. The number of hydrogen-bond acceptors (Lipinski definition) is 4. The van der Waals surface area contributed by atoms with Crippen LogP contribution < -0.4 is 44.1 Å². The molecule has 2 heterocycles. The van der Waals surface area contributed by atoms with Gasteiger partial charge >= 0.3 is 315 Å². The molecule has 6 aromatic rings. The van der Waals surface area contributed by atoms with E-state index in [0.29, 0.717) is 7.25 Å². The number of nitrogens with zero attached hydrogens (tertiary/aromatic N) is 2. The van der Waals surface area contributed by atoms with Gasteiger partial charge in [-0.25, -0.2) is 0 Å². The van der Waals surface area contributed by atoms with Gasteiger partial charge in [0.05, 0.1) is 0 Å². The first kappa shape index (κ1) is 36.6. The number of benzene rings is 6. The van der Waals surface area contributed by atoms with Gasteiger partial charge in [-0.3, -0.25) is 0 Å². The molecule has 0 amide bonds. The van der Waals surface area contributed by atoms with Crippen LogP contribution >= 0.6 is 0 Å². The molecule has 0 radical (unpaired) electrons. The van der Waals surface area contributed by atoms with Crippen LogP contribution in [-0.4, -0.2) is 5.43 Å². The Bertz CT molecular complexity index is 2320. The van der Waals surface area contributed by atoms with Gasteiger partial charge in [0.15, 0.2) is 0 Å². The van der Waals surface area contributed by atoms with E-state index in [2.05, 4.69) is 182 Å². The van der Waals surface area contributed by atoms with Crippen LogP contribution in [0.1, 0.15) is 43.4 Å². The van der Waals surface area contributed by atoms with E-state index in [1.54, 1.807) is 11.1 Å². The van der Waals surface area contributed by atoms with Gasteiger partial charge < -0.3 is 24.8 Å². The third-order valence-electron chi connectivity index (χ3n) is 11.0. The zero-order valence-electron chi connectivity index (χ0n) is 30.5. The largest absolute Gasteiger partial charge is 1.00 e. The fraction of sp³-hybridized carbons (Fsp3) is 0.130. The molecule has 0 saturated heterocycles. The maximum Gasteiger partial charge on any atom is -1.00 e. The van der Waals surface area contributed by atoms with Crippen LogP contribution in [0.15, 0.2) is 145 Å². The number of rotatable bonds is 4. The Morgan fingerprint density at radius 2 is 0.815 bits per heavy atom. The van der Waals surface area contributed by atoms with Crippen molar-refractivity contribution in [2.45, 2.75) is 34.2 Å². The zero-order chi connectivity index (χ0) is 35.1. The molecule has 0 N–H and O–H groups in total. The molecule has 2 aliphatic carbocycles. The number of ether oxygens (including phenoxy) is 2. The van der Waals surface area contributed by atoms with Crippen molar-refractivity contribution < 1.29 is 54.7 Å². The predicted octanol–water partition coefficient (Wildman–Crippen LogP) is 7.33. The number of anilines is 6. The SMILES string of the molecule is CC1=Cc2ccc(N3c4ccccc4Oc4ccccc43)cc2[C@@H]1[Zr+2]([C@H]1C(C)=Cc2ccc(N3c4ccccc4Oc4ccccc43)cc21)=[Si](C)C.[Cl-].[Cl-]. The van der Waals surface area contributed by atoms with E-state index >= 15 is 0 Å². The van der Waals surface area contributed by atoms with Crippen LogP contribution in [0.5, 0.6) is 23.0 Å². The van der Waals surface area contributed by atoms with E-state index < -0.39 is 25.8 Å². The van der Waals surface area contributed by atoms with Crippen molar-refractivity contribution in [3.63, 3.8) is 0 Å². The second-order valence-electron chi connectivity index (χ2n) is 14.5. The van der Waals surface area contributed by atoms with Gasteiger partial charge in [0, 0.05) is 0 Å². The molecule has 0 bridgehead atoms. The van der Waals surface area contributed by atoms with Crippen molar-refractivity contribution in [3.8, 4) is 23.0 Å². The molecule has 4 nitrogen and oxygen atoms in total. The number of halogens is 2. The molecule has 266 valence electrons. The van der Waals surface area contributed by atoms with Crippen LogP contribution in [-0.2, 0) is 20.4 Å². The Morgan fingerprint density at radius 3 is 1.15 bits per heavy atom. The van der Waals surface area contributed by atoms with Crippen LogP contribution in [0, 0.1) is 0 Å². The molecular weight excluding hydrogens is 803 g/mol. The van der Waals surface area contributed by atoms with Crippen LogP contribution in [0.4, 0.5) is 34.1 Å². The fourth-order valence-corrected chi connectivity index (χ4v) is 29.6. The zero-order valence-corrected chi connectivity index (χ0v) is 35.4. The average Bonchev–Trinajstić information content (AvgIpc) is 3.66. The number of fused-ring (bicyclic) bond motifs is 6. The van der Waals surface area contributed by atoms with E-state index in [1.807, 2.05) is 0 Å². The summed E-state index contributed by atoms with van der Waals surface area (Å²) in [6.45, 7) is 10.0. The molecular formula is C46H38Cl2N2O2SiZr. The molecule has 10 rings (SSSR count). The van der Waals surface area contributed by atoms with Crippen molar-refractivity contribution >= 4 is 51.7 Å². The Morgan fingerprint density at radius 1 is 0.481 bits per heavy atom. The first-order valence-electron chi connectivity index (χ1n) is 18.1. The van der Waals surface area contributed by atoms with Gasteiger partial charge in [-0.1, -0.05) is 0 Å². The predicted molar refractivity (Wildman–Crippen MR) is 213 cm³/mol. The summed E-state index contributed by atoms with van der Waals surface area (Å²) in [4.78, 5) is 4.79. The Labute approximate surface area is 337 Å². The maximum atomic E-state index is 6.38. The quantitative estimate of drug-likeness (QED) is 0.174. The molecule has 2 aliphatic heterocycles. The molecule has 2 atom stereocenters. The van der Waals surface area contributed by atoms with Crippen molar-refractivity contribution in [2.24, 2.45) is 0 Å². The molecule has 6 aromatic carbocycles. The van der Waals surface area contributed by atoms with Gasteiger partial charge in [0.25, 0.3) is 0 Å². The van der Waals surface area contributed by atoms with Crippen molar-refractivity contribution in [1.29, 1.82) is 0 Å². The molecule has 4 aliphatic rings. The van der Waals surface area contributed by atoms with E-state index in [-0.39, 0.29) is 24.8 Å². The molecule has 0 spiro atoms. The smallest absolute Gasteiger partial charge is 1.00 e. The topological polar surface area (TPSA) is 24.9 Å². The molecule has 0 unspecified atom stereocenters. The summed E-state index contributed by atoms with van der Waals surface area (Å²) in [7, 11) is 0. The van der Waals surface area contributed by atoms with Crippen molar-refractivity contribution in [1.82, 2.24) is 0 Å². The van der Waals surface area contributed by atoms with Gasteiger partial charge in [-0.2, -0.15) is 0 Å². The Kier molecular flexibility index (Phi) is 9.77. The van der Waals surface area contributed by atoms with Crippen molar-refractivity contribution in [3.05, 3.63) is 167 Å². The second-order valence-corrected chi connectivity index (χ2v) is 32.3. The summed E-state index contributed by atoms with van der Waals surface area (Å²) in [5.74, 6) is 3.56. The fourth-order valence-electron chi connectivity index (χ4n) is 8.85. The summed E-state index contributed by atoms with van der Waals surface area (Å²) >= 11 is -2.34. The van der Waals surface area contributed by atoms with Crippen molar-refractivity contribution in [2.75, 3.05) is 9.80 Å². The summed E-state index contributed by atoms with van der Waals surface area (Å²) in [5.41, 5.74) is 15.0. The van der Waals surface area contributed by atoms with Crippen LogP contribution in [0.2, 0.25) is 13.1 Å². The van der Waals surface area contributed by atoms with Gasteiger partial charge in [-0.15, -0.1) is 0 Å². The number of para-hydroxylation sites is 8. The Balaban J connectivity index is 0.00000207. The molecule has 54 heavy (non-hydrogen) atoms. The second kappa shape index (κ2) is 14.4. The van der Waals surface area contributed by atoms with E-state index in [0.717, 1.165) is 45.7 Å². The summed E-state index contributed by atoms with van der Waals surface area (Å²) < 4.78 is 13.8. The summed E-state index contributed by atoms with van der Waals surface area (Å²) in [6, 6.07) is 48.0. The standard InChI is InChI=1S/2C22H16NO.C2H6Si.2ClH.Zr/c2*1-15-12-16-10-11-18(14-17(16)13-15)23-19-6-2-4-8-21(19)24-22-9-5-3-7-20(22)23;1-3-2;;;/h2*2-14H,1H3;1-2H3;2*1H;/q;;;;;+2/p-2. The number of hydrogen-bond donors (Lipinski definition) is 0. The Hall–Kier alpha value is -4.32. The minimum absolute atomic E-state index is 0.